The lowest BCUT2D eigenvalue weighted by molar-refractivity contribution is -0.123. The molecule has 166 valence electrons. The predicted molar refractivity (Wildman–Crippen MR) is 118 cm³/mol. The Labute approximate surface area is 182 Å². The van der Waals surface area contributed by atoms with Gasteiger partial charge in [0.25, 0.3) is 0 Å². The van der Waals surface area contributed by atoms with Crippen LogP contribution in [0.4, 0.5) is 5.82 Å². The van der Waals surface area contributed by atoms with Crippen molar-refractivity contribution in [2.45, 2.75) is 56.7 Å². The van der Waals surface area contributed by atoms with Gasteiger partial charge in [-0.3, -0.25) is 19.2 Å². The van der Waals surface area contributed by atoms with Crippen molar-refractivity contribution < 1.29 is 14.3 Å². The first-order chi connectivity index (χ1) is 14.9. The molecule has 3 heterocycles. The molecule has 2 aliphatic rings. The number of carbonyl (C=O) groups is 2. The van der Waals surface area contributed by atoms with Crippen LogP contribution in [0, 0.1) is 0 Å². The molecular formula is C23H31N5O3. The van der Waals surface area contributed by atoms with Crippen molar-refractivity contribution in [3.63, 3.8) is 0 Å². The van der Waals surface area contributed by atoms with Crippen LogP contribution in [-0.2, 0) is 16.6 Å². The molecule has 0 unspecified atom stereocenters. The number of nitrogens with zero attached hydrogens (tertiary/aromatic N) is 3. The van der Waals surface area contributed by atoms with E-state index in [-0.39, 0.29) is 30.4 Å². The second-order valence-corrected chi connectivity index (χ2v) is 8.82. The number of hydrogen-bond donors (Lipinski definition) is 2. The molecule has 1 aromatic heterocycles. The molecule has 2 aliphatic heterocycles. The first kappa shape index (κ1) is 21.4. The van der Waals surface area contributed by atoms with Crippen LogP contribution in [0.5, 0.6) is 5.75 Å². The smallest absolute Gasteiger partial charge is 0.239 e. The Hall–Kier alpha value is -2.87. The van der Waals surface area contributed by atoms with Crippen molar-refractivity contribution in [3.8, 4) is 5.75 Å². The molecule has 2 fully saturated rings. The largest absolute Gasteiger partial charge is 0.497 e. The second kappa shape index (κ2) is 8.70. The van der Waals surface area contributed by atoms with Gasteiger partial charge >= 0.3 is 0 Å². The van der Waals surface area contributed by atoms with E-state index in [1.54, 1.807) is 24.1 Å². The summed E-state index contributed by atoms with van der Waals surface area (Å²) in [5, 5.41) is 10.4. The topological polar surface area (TPSA) is 88.5 Å². The van der Waals surface area contributed by atoms with Crippen molar-refractivity contribution in [2.24, 2.45) is 7.05 Å². The second-order valence-electron chi connectivity index (χ2n) is 8.82. The third-order valence-electron chi connectivity index (χ3n) is 6.50. The van der Waals surface area contributed by atoms with E-state index in [1.807, 2.05) is 25.2 Å². The number of likely N-dealkylation sites (tertiary alicyclic amines) is 1. The van der Waals surface area contributed by atoms with Gasteiger partial charge in [0, 0.05) is 37.8 Å². The standard InChI is InChI=1S/C23H31N5O3/c1-23-14-18(16-7-6-8-17(13-16)31-3)28(19(23)9-4-5-10-21(29)25-23)15-22(30)24-20-11-12-27(2)26-20/h6-8,11-13,18-19H,4-5,9-10,14-15H2,1-3H3,(H,25,29)(H,24,26,30)/t18-,19-,23-/m0/s1. The van der Waals surface area contributed by atoms with E-state index in [4.69, 9.17) is 4.74 Å². The van der Waals surface area contributed by atoms with E-state index in [9.17, 15) is 9.59 Å². The summed E-state index contributed by atoms with van der Waals surface area (Å²) in [6.45, 7) is 2.35. The van der Waals surface area contributed by atoms with Gasteiger partial charge in [0.1, 0.15) is 5.75 Å². The molecule has 0 aliphatic carbocycles. The molecule has 3 atom stereocenters. The number of carbonyl (C=O) groups excluding carboxylic acids is 2. The maximum absolute atomic E-state index is 13.0. The fourth-order valence-electron chi connectivity index (χ4n) is 5.07. The molecule has 0 saturated carbocycles. The highest BCUT2D eigenvalue weighted by Gasteiger charge is 2.51. The molecule has 4 rings (SSSR count). The van der Waals surface area contributed by atoms with E-state index >= 15 is 0 Å². The van der Waals surface area contributed by atoms with Crippen molar-refractivity contribution >= 4 is 17.6 Å². The lowest BCUT2D eigenvalue weighted by Crippen LogP contribution is -2.56. The highest BCUT2D eigenvalue weighted by atomic mass is 16.5. The number of anilines is 1. The number of amides is 2. The van der Waals surface area contributed by atoms with Gasteiger partial charge in [0.05, 0.1) is 19.2 Å². The Morgan fingerprint density at radius 1 is 1.35 bits per heavy atom. The number of methoxy groups -OCH3 is 1. The number of fused-ring (bicyclic) bond motifs is 1. The summed E-state index contributed by atoms with van der Waals surface area (Å²) >= 11 is 0. The minimum atomic E-state index is -0.392. The fraction of sp³-hybridized carbons (Fsp3) is 0.522. The van der Waals surface area contributed by atoms with Crippen LogP contribution in [0.1, 0.15) is 50.6 Å². The Morgan fingerprint density at radius 3 is 2.94 bits per heavy atom. The molecule has 2 aromatic rings. The summed E-state index contributed by atoms with van der Waals surface area (Å²) in [4.78, 5) is 27.7. The molecule has 8 nitrogen and oxygen atoms in total. The lowest BCUT2D eigenvalue weighted by atomic mass is 9.85. The van der Waals surface area contributed by atoms with Crippen LogP contribution >= 0.6 is 0 Å². The summed E-state index contributed by atoms with van der Waals surface area (Å²) in [6, 6.07) is 9.84. The Kier molecular flexibility index (Phi) is 6.00. The zero-order valence-electron chi connectivity index (χ0n) is 18.4. The van der Waals surface area contributed by atoms with Gasteiger partial charge in [-0.25, -0.2) is 0 Å². The Morgan fingerprint density at radius 2 is 2.19 bits per heavy atom. The lowest BCUT2D eigenvalue weighted by Gasteiger charge is -2.38. The van der Waals surface area contributed by atoms with Crippen LogP contribution < -0.4 is 15.4 Å². The maximum Gasteiger partial charge on any atom is 0.239 e. The number of aromatic nitrogens is 2. The molecule has 8 heteroatoms. The molecule has 2 amide bonds. The summed E-state index contributed by atoms with van der Waals surface area (Å²) in [5.41, 5.74) is 0.698. The quantitative estimate of drug-likeness (QED) is 0.769. The van der Waals surface area contributed by atoms with Gasteiger partial charge in [-0.2, -0.15) is 5.10 Å². The first-order valence-electron chi connectivity index (χ1n) is 10.9. The average molecular weight is 426 g/mol. The first-order valence-corrected chi connectivity index (χ1v) is 10.9. The maximum atomic E-state index is 13.0. The van der Waals surface area contributed by atoms with Crippen molar-refractivity contribution in [3.05, 3.63) is 42.1 Å². The van der Waals surface area contributed by atoms with Crippen LogP contribution in [-0.4, -0.2) is 51.7 Å². The third kappa shape index (κ3) is 4.58. The van der Waals surface area contributed by atoms with Gasteiger partial charge in [0.2, 0.25) is 11.8 Å². The highest BCUT2D eigenvalue weighted by molar-refractivity contribution is 5.91. The summed E-state index contributed by atoms with van der Waals surface area (Å²) in [5.74, 6) is 1.31. The van der Waals surface area contributed by atoms with E-state index in [2.05, 4.69) is 33.6 Å². The minimum absolute atomic E-state index is 0.00187. The highest BCUT2D eigenvalue weighted by Crippen LogP contribution is 2.45. The average Bonchev–Trinajstić information content (AvgIpc) is 3.24. The van der Waals surface area contributed by atoms with Crippen molar-refractivity contribution in [1.82, 2.24) is 20.0 Å². The van der Waals surface area contributed by atoms with Crippen LogP contribution in [0.25, 0.3) is 0 Å². The molecule has 0 bridgehead atoms. The van der Waals surface area contributed by atoms with Gasteiger partial charge < -0.3 is 15.4 Å². The number of ether oxygens (including phenoxy) is 1. The van der Waals surface area contributed by atoms with Gasteiger partial charge in [-0.05, 0) is 43.9 Å². The molecule has 1 aromatic carbocycles. The molecule has 0 spiro atoms. The number of aryl methyl sites for hydroxylation is 1. The monoisotopic (exact) mass is 425 g/mol. The molecule has 2 N–H and O–H groups in total. The van der Waals surface area contributed by atoms with Crippen LogP contribution in [0.3, 0.4) is 0 Å². The number of rotatable bonds is 5. The van der Waals surface area contributed by atoms with Gasteiger partial charge in [0.15, 0.2) is 5.82 Å². The molecule has 2 saturated heterocycles. The summed E-state index contributed by atoms with van der Waals surface area (Å²) in [7, 11) is 3.47. The zero-order valence-corrected chi connectivity index (χ0v) is 18.4. The van der Waals surface area contributed by atoms with Gasteiger partial charge in [-0.15, -0.1) is 0 Å². The van der Waals surface area contributed by atoms with Crippen LogP contribution in [0.15, 0.2) is 36.5 Å². The van der Waals surface area contributed by atoms with E-state index in [0.29, 0.717) is 12.2 Å². The van der Waals surface area contributed by atoms with Crippen molar-refractivity contribution in [2.75, 3.05) is 19.0 Å². The predicted octanol–water partition coefficient (Wildman–Crippen LogP) is 2.63. The van der Waals surface area contributed by atoms with E-state index in [0.717, 1.165) is 37.0 Å². The molecular weight excluding hydrogens is 394 g/mol. The summed E-state index contributed by atoms with van der Waals surface area (Å²) < 4.78 is 7.09. The SMILES string of the molecule is COc1cccc([C@@H]2C[C@]3(C)NC(=O)CCCC[C@@H]3N2CC(=O)Nc2ccn(C)n2)c1. The van der Waals surface area contributed by atoms with Gasteiger partial charge in [-0.1, -0.05) is 18.6 Å². The fourth-order valence-corrected chi connectivity index (χ4v) is 5.07. The summed E-state index contributed by atoms with van der Waals surface area (Å²) in [6.07, 6.45) is 5.88. The molecule has 31 heavy (non-hydrogen) atoms. The number of hydrogen-bond acceptors (Lipinski definition) is 5. The minimum Gasteiger partial charge on any atom is -0.497 e. The third-order valence-corrected chi connectivity index (χ3v) is 6.50. The van der Waals surface area contributed by atoms with E-state index < -0.39 is 5.54 Å². The Balaban J connectivity index is 1.63. The van der Waals surface area contributed by atoms with E-state index in [1.165, 1.54) is 0 Å². The zero-order chi connectivity index (χ0) is 22.0. The normalized spacial score (nSPS) is 26.5. The Bertz CT molecular complexity index is 958. The number of benzene rings is 1. The molecule has 0 radical (unpaired) electrons. The van der Waals surface area contributed by atoms with Crippen molar-refractivity contribution in [1.29, 1.82) is 0 Å². The van der Waals surface area contributed by atoms with Crippen LogP contribution in [0.2, 0.25) is 0 Å². The number of nitrogens with one attached hydrogen (secondary N) is 2.